The van der Waals surface area contributed by atoms with Crippen LogP contribution in [0.3, 0.4) is 0 Å². The molecule has 0 atom stereocenters. The Balaban J connectivity index is 1.41. The van der Waals surface area contributed by atoms with Crippen LogP contribution in [0.2, 0.25) is 5.02 Å². The molecule has 1 N–H and O–H groups in total. The Labute approximate surface area is 167 Å². The molecule has 1 fully saturated rings. The molecule has 140 valence electrons. The summed E-state index contributed by atoms with van der Waals surface area (Å²) in [7, 11) is 0. The van der Waals surface area contributed by atoms with E-state index in [1.807, 2.05) is 45.6 Å². The van der Waals surface area contributed by atoms with Crippen LogP contribution in [-0.4, -0.2) is 40.5 Å². The molecule has 0 saturated carbocycles. The van der Waals surface area contributed by atoms with Crippen molar-refractivity contribution in [2.45, 2.75) is 6.67 Å². The monoisotopic (exact) mass is 404 g/mol. The summed E-state index contributed by atoms with van der Waals surface area (Å²) in [4.78, 5) is 3.70. The van der Waals surface area contributed by atoms with Gasteiger partial charge in [-0.3, -0.25) is 4.57 Å². The van der Waals surface area contributed by atoms with E-state index in [9.17, 15) is 4.39 Å². The Kier molecular flexibility index (Phi) is 5.24. The lowest BCUT2D eigenvalue weighted by atomic mass is 10.2. The zero-order chi connectivity index (χ0) is 18.8. The summed E-state index contributed by atoms with van der Waals surface area (Å²) in [6.07, 6.45) is 1.74. The van der Waals surface area contributed by atoms with Gasteiger partial charge in [-0.05, 0) is 54.7 Å². The van der Waals surface area contributed by atoms with Crippen molar-refractivity contribution in [1.29, 1.82) is 0 Å². The minimum Gasteiger partial charge on any atom is -0.360 e. The van der Waals surface area contributed by atoms with Crippen LogP contribution in [0.1, 0.15) is 0 Å². The first-order valence-electron chi connectivity index (χ1n) is 8.84. The number of rotatable bonds is 4. The third kappa shape index (κ3) is 4.05. The number of nitrogens with zero attached hydrogens (tertiary/aromatic N) is 4. The number of halogens is 2. The van der Waals surface area contributed by atoms with Gasteiger partial charge in [-0.15, -0.1) is 0 Å². The first-order valence-corrected chi connectivity index (χ1v) is 9.63. The highest BCUT2D eigenvalue weighted by atomic mass is 35.5. The SMILES string of the molecule is Fc1ccc(N2CC[NH+](Cn3ncn(-c4cccc(Cl)c4)c3=S)CC2)cc1. The molecule has 3 aromatic rings. The zero-order valence-corrected chi connectivity index (χ0v) is 16.3. The highest BCUT2D eigenvalue weighted by Crippen LogP contribution is 2.16. The Morgan fingerprint density at radius 1 is 1.07 bits per heavy atom. The van der Waals surface area contributed by atoms with E-state index in [2.05, 4.69) is 10.00 Å². The average Bonchev–Trinajstić information content (AvgIpc) is 3.04. The molecule has 2 aromatic carbocycles. The van der Waals surface area contributed by atoms with E-state index in [0.717, 1.165) is 44.2 Å². The molecule has 0 radical (unpaired) electrons. The van der Waals surface area contributed by atoms with Crippen LogP contribution in [0.4, 0.5) is 10.1 Å². The van der Waals surface area contributed by atoms with E-state index in [1.54, 1.807) is 6.33 Å². The first-order chi connectivity index (χ1) is 13.1. The summed E-state index contributed by atoms with van der Waals surface area (Å²) in [5.41, 5.74) is 1.98. The molecule has 1 aliphatic heterocycles. The molecule has 0 bridgehead atoms. The van der Waals surface area contributed by atoms with Crippen molar-refractivity contribution in [3.8, 4) is 5.69 Å². The minimum atomic E-state index is -0.201. The molecule has 1 aromatic heterocycles. The summed E-state index contributed by atoms with van der Waals surface area (Å²) >= 11 is 11.7. The summed E-state index contributed by atoms with van der Waals surface area (Å²) in [6, 6.07) is 14.3. The third-order valence-electron chi connectivity index (χ3n) is 4.86. The fourth-order valence-corrected chi connectivity index (χ4v) is 3.80. The second kappa shape index (κ2) is 7.80. The van der Waals surface area contributed by atoms with E-state index >= 15 is 0 Å². The number of nitrogens with one attached hydrogen (secondary N) is 1. The van der Waals surface area contributed by atoms with Gasteiger partial charge in [0.25, 0.3) is 0 Å². The molecule has 4 rings (SSSR count). The van der Waals surface area contributed by atoms with Crippen molar-refractivity contribution >= 4 is 29.5 Å². The second-order valence-electron chi connectivity index (χ2n) is 6.63. The predicted octanol–water partition coefficient (Wildman–Crippen LogP) is 2.56. The van der Waals surface area contributed by atoms with Gasteiger partial charge in [0.1, 0.15) is 12.1 Å². The molecule has 5 nitrogen and oxygen atoms in total. The van der Waals surface area contributed by atoms with Gasteiger partial charge in [0.15, 0.2) is 6.67 Å². The molecular formula is C19H20ClFN5S+. The van der Waals surface area contributed by atoms with Gasteiger partial charge in [0.05, 0.1) is 31.9 Å². The van der Waals surface area contributed by atoms with Gasteiger partial charge in [-0.25, -0.2) is 4.39 Å². The van der Waals surface area contributed by atoms with Crippen molar-refractivity contribution in [3.05, 3.63) is 70.5 Å². The lowest BCUT2D eigenvalue weighted by molar-refractivity contribution is -0.924. The number of quaternary nitrogens is 1. The molecule has 27 heavy (non-hydrogen) atoms. The third-order valence-corrected chi connectivity index (χ3v) is 5.50. The van der Waals surface area contributed by atoms with Crippen molar-refractivity contribution < 1.29 is 9.29 Å². The molecule has 8 heteroatoms. The van der Waals surface area contributed by atoms with Crippen molar-refractivity contribution in [3.63, 3.8) is 0 Å². The second-order valence-corrected chi connectivity index (χ2v) is 7.44. The van der Waals surface area contributed by atoms with Gasteiger partial charge in [0, 0.05) is 10.7 Å². The molecule has 0 amide bonds. The molecule has 2 heterocycles. The van der Waals surface area contributed by atoms with Crippen LogP contribution in [0.25, 0.3) is 5.69 Å². The van der Waals surface area contributed by atoms with Gasteiger partial charge in [-0.1, -0.05) is 17.7 Å². The Bertz CT molecular complexity index is 976. The molecule has 1 saturated heterocycles. The molecule has 0 aliphatic carbocycles. The number of hydrogen-bond donors (Lipinski definition) is 1. The van der Waals surface area contributed by atoms with E-state index in [-0.39, 0.29) is 5.82 Å². The smallest absolute Gasteiger partial charge is 0.207 e. The number of anilines is 1. The van der Waals surface area contributed by atoms with Crippen molar-refractivity contribution in [1.82, 2.24) is 14.3 Å². The summed E-state index contributed by atoms with van der Waals surface area (Å²) in [5.74, 6) is -0.201. The lowest BCUT2D eigenvalue weighted by Crippen LogP contribution is -3.14. The van der Waals surface area contributed by atoms with Crippen molar-refractivity contribution in [2.75, 3.05) is 31.1 Å². The quantitative estimate of drug-likeness (QED) is 0.678. The Morgan fingerprint density at radius 3 is 2.52 bits per heavy atom. The first kappa shape index (κ1) is 18.2. The summed E-state index contributed by atoms with van der Waals surface area (Å²) in [5, 5.41) is 5.13. The zero-order valence-electron chi connectivity index (χ0n) is 14.7. The van der Waals surface area contributed by atoms with E-state index < -0.39 is 0 Å². The minimum absolute atomic E-state index is 0.201. The summed E-state index contributed by atoms with van der Waals surface area (Å²) < 4.78 is 17.5. The average molecular weight is 405 g/mol. The fourth-order valence-electron chi connectivity index (χ4n) is 3.35. The fraction of sp³-hybridized carbons (Fsp3) is 0.263. The maximum absolute atomic E-state index is 13.1. The highest BCUT2D eigenvalue weighted by Gasteiger charge is 2.21. The molecule has 1 aliphatic rings. The van der Waals surface area contributed by atoms with E-state index in [4.69, 9.17) is 23.8 Å². The Morgan fingerprint density at radius 2 is 1.81 bits per heavy atom. The topological polar surface area (TPSA) is 30.4 Å². The number of benzene rings is 2. The van der Waals surface area contributed by atoms with Crippen LogP contribution >= 0.6 is 23.8 Å². The van der Waals surface area contributed by atoms with Crippen LogP contribution in [-0.2, 0) is 6.67 Å². The van der Waals surface area contributed by atoms with Crippen molar-refractivity contribution in [2.24, 2.45) is 0 Å². The van der Waals surface area contributed by atoms with Crippen LogP contribution in [0, 0.1) is 10.6 Å². The highest BCUT2D eigenvalue weighted by molar-refractivity contribution is 7.71. The van der Waals surface area contributed by atoms with Crippen LogP contribution < -0.4 is 9.80 Å². The maximum atomic E-state index is 13.1. The van der Waals surface area contributed by atoms with Crippen LogP contribution in [0.5, 0.6) is 0 Å². The number of piperazine rings is 1. The Hall–Kier alpha value is -2.22. The van der Waals surface area contributed by atoms with Crippen LogP contribution in [0.15, 0.2) is 54.9 Å². The molecule has 0 spiro atoms. The largest absolute Gasteiger partial charge is 0.360 e. The van der Waals surface area contributed by atoms with E-state index in [0.29, 0.717) is 9.79 Å². The lowest BCUT2D eigenvalue weighted by Gasteiger charge is -2.33. The predicted molar refractivity (Wildman–Crippen MR) is 107 cm³/mol. The normalized spacial score (nSPS) is 15.3. The van der Waals surface area contributed by atoms with Gasteiger partial charge in [-0.2, -0.15) is 9.78 Å². The maximum Gasteiger partial charge on any atom is 0.207 e. The van der Waals surface area contributed by atoms with E-state index in [1.165, 1.54) is 17.0 Å². The van der Waals surface area contributed by atoms with Gasteiger partial charge >= 0.3 is 0 Å². The molecular weight excluding hydrogens is 385 g/mol. The molecule has 0 unspecified atom stereocenters. The standard InChI is InChI=1S/C19H19ClFN5S/c20-15-2-1-3-18(12-15)25-13-22-26(19(25)27)14-23-8-10-24(11-9-23)17-6-4-16(21)5-7-17/h1-7,12-13H,8-11,14H2/p+1. The van der Waals surface area contributed by atoms with Gasteiger partial charge < -0.3 is 9.80 Å². The summed E-state index contributed by atoms with van der Waals surface area (Å²) in [6.45, 7) is 4.52. The number of hydrogen-bond acceptors (Lipinski definition) is 3. The number of aromatic nitrogens is 3. The van der Waals surface area contributed by atoms with Gasteiger partial charge in [0.2, 0.25) is 4.77 Å².